The van der Waals surface area contributed by atoms with Crippen molar-refractivity contribution in [1.82, 2.24) is 10.1 Å². The molecule has 0 saturated heterocycles. The summed E-state index contributed by atoms with van der Waals surface area (Å²) >= 11 is 0. The van der Waals surface area contributed by atoms with Crippen molar-refractivity contribution in [3.05, 3.63) is 59.5 Å². The lowest BCUT2D eigenvalue weighted by molar-refractivity contribution is -0.151. The molecular formula is C21H16F3N3O6. The van der Waals surface area contributed by atoms with Gasteiger partial charge in [-0.1, -0.05) is 22.4 Å². The molecule has 9 nitrogen and oxygen atoms in total. The minimum atomic E-state index is -4.44. The Morgan fingerprint density at radius 2 is 1.88 bits per heavy atom. The number of rotatable bonds is 7. The van der Waals surface area contributed by atoms with Gasteiger partial charge in [-0.15, -0.1) is 0 Å². The van der Waals surface area contributed by atoms with Gasteiger partial charge in [0.25, 0.3) is 5.89 Å². The Morgan fingerprint density at radius 3 is 2.64 bits per heavy atom. The molecule has 3 aromatic rings. The van der Waals surface area contributed by atoms with Crippen LogP contribution in [0.2, 0.25) is 0 Å². The van der Waals surface area contributed by atoms with Gasteiger partial charge in [0.05, 0.1) is 11.3 Å². The Morgan fingerprint density at radius 1 is 1.12 bits per heavy atom. The van der Waals surface area contributed by atoms with Gasteiger partial charge in [0.2, 0.25) is 19.2 Å². The number of fused-ring (bicyclic) bond motifs is 1. The molecule has 12 heteroatoms. The predicted molar refractivity (Wildman–Crippen MR) is 105 cm³/mol. The van der Waals surface area contributed by atoms with Gasteiger partial charge in [-0.25, -0.2) is 4.79 Å². The largest absolute Gasteiger partial charge is 0.454 e. The Kier molecular flexibility index (Phi) is 6.16. The van der Waals surface area contributed by atoms with Crippen molar-refractivity contribution in [2.75, 3.05) is 13.4 Å². The second-order valence-corrected chi connectivity index (χ2v) is 6.77. The number of benzene rings is 2. The summed E-state index contributed by atoms with van der Waals surface area (Å²) in [6.45, 7) is 1.07. The molecular weight excluding hydrogens is 447 g/mol. The van der Waals surface area contributed by atoms with Crippen LogP contribution in [0.5, 0.6) is 11.5 Å². The number of hydrogen-bond donors (Lipinski definition) is 0. The van der Waals surface area contributed by atoms with Crippen molar-refractivity contribution < 1.29 is 41.5 Å². The van der Waals surface area contributed by atoms with Crippen LogP contribution in [0.1, 0.15) is 23.9 Å². The monoisotopic (exact) mass is 463 g/mol. The van der Waals surface area contributed by atoms with Crippen molar-refractivity contribution in [2.45, 2.75) is 19.7 Å². The van der Waals surface area contributed by atoms with Crippen molar-refractivity contribution in [3.8, 4) is 22.9 Å². The second kappa shape index (κ2) is 9.18. The summed E-state index contributed by atoms with van der Waals surface area (Å²) < 4.78 is 58.4. The first-order valence-corrected chi connectivity index (χ1v) is 9.52. The third kappa shape index (κ3) is 5.40. The van der Waals surface area contributed by atoms with E-state index < -0.39 is 24.3 Å². The number of ether oxygens (including phenoxy) is 3. The molecule has 0 amide bonds. The zero-order valence-electron chi connectivity index (χ0n) is 17.1. The molecule has 1 aliphatic rings. The van der Waals surface area contributed by atoms with Crippen molar-refractivity contribution in [3.63, 3.8) is 0 Å². The van der Waals surface area contributed by atoms with E-state index in [1.165, 1.54) is 12.1 Å². The lowest BCUT2D eigenvalue weighted by Gasteiger charge is -2.05. The van der Waals surface area contributed by atoms with E-state index in [4.69, 9.17) is 23.6 Å². The van der Waals surface area contributed by atoms with Crippen molar-refractivity contribution >= 4 is 11.7 Å². The number of oxime groups is 1. The first kappa shape index (κ1) is 22.1. The number of alkyl halides is 3. The fourth-order valence-corrected chi connectivity index (χ4v) is 2.78. The van der Waals surface area contributed by atoms with E-state index in [9.17, 15) is 18.0 Å². The van der Waals surface area contributed by atoms with E-state index in [-0.39, 0.29) is 25.1 Å². The zero-order chi connectivity index (χ0) is 23.4. The molecule has 0 N–H and O–H groups in total. The smallest absolute Gasteiger partial charge is 0.416 e. The molecule has 0 aliphatic carbocycles. The minimum absolute atomic E-state index is 0.0294. The van der Waals surface area contributed by atoms with Crippen LogP contribution in [0.4, 0.5) is 13.2 Å². The van der Waals surface area contributed by atoms with Crippen LogP contribution in [-0.2, 0) is 27.2 Å². The van der Waals surface area contributed by atoms with Gasteiger partial charge in [0, 0.05) is 11.1 Å². The predicted octanol–water partition coefficient (Wildman–Crippen LogP) is 3.97. The van der Waals surface area contributed by atoms with Gasteiger partial charge in [0.15, 0.2) is 18.1 Å². The van der Waals surface area contributed by atoms with Crippen LogP contribution in [0.15, 0.2) is 52.1 Å². The molecule has 33 heavy (non-hydrogen) atoms. The van der Waals surface area contributed by atoms with Crippen LogP contribution >= 0.6 is 0 Å². The summed E-state index contributed by atoms with van der Waals surface area (Å²) in [6, 6.07) is 9.53. The third-order valence-electron chi connectivity index (χ3n) is 4.47. The number of halogens is 3. The average Bonchev–Trinajstić information content (AvgIpc) is 3.46. The summed E-state index contributed by atoms with van der Waals surface area (Å²) in [5.41, 5.74) is 0.773. The topological polar surface area (TPSA) is 105 Å². The molecule has 0 spiro atoms. The number of carbonyl (C=O) groups is 1. The first-order valence-electron chi connectivity index (χ1n) is 9.52. The molecule has 2 heterocycles. The highest BCUT2D eigenvalue weighted by atomic mass is 19.4. The van der Waals surface area contributed by atoms with Gasteiger partial charge in [-0.05, 0) is 37.3 Å². The maximum atomic E-state index is 12.6. The molecule has 0 saturated carbocycles. The maximum Gasteiger partial charge on any atom is 0.416 e. The zero-order valence-corrected chi connectivity index (χ0v) is 17.1. The van der Waals surface area contributed by atoms with Gasteiger partial charge in [-0.2, -0.15) is 18.2 Å². The number of aromatic nitrogens is 2. The highest BCUT2D eigenvalue weighted by Crippen LogP contribution is 2.33. The lowest BCUT2D eigenvalue weighted by atomic mass is 10.1. The average molecular weight is 463 g/mol. The fourth-order valence-electron chi connectivity index (χ4n) is 2.78. The molecule has 0 fully saturated rings. The normalized spacial score (nSPS) is 13.2. The van der Waals surface area contributed by atoms with E-state index in [1.54, 1.807) is 25.1 Å². The quantitative estimate of drug-likeness (QED) is 0.295. The molecule has 4 rings (SSSR count). The van der Waals surface area contributed by atoms with Gasteiger partial charge >= 0.3 is 12.1 Å². The number of esters is 1. The van der Waals surface area contributed by atoms with Crippen LogP contribution in [0.25, 0.3) is 11.4 Å². The molecule has 0 unspecified atom stereocenters. The van der Waals surface area contributed by atoms with Crippen LogP contribution in [0, 0.1) is 0 Å². The van der Waals surface area contributed by atoms with E-state index >= 15 is 0 Å². The molecule has 1 aromatic heterocycles. The SMILES string of the molecule is C/C(=N\OCC(=O)OCc1nc(-c2ccc(C(F)(F)F)cc2)no1)c1ccc2c(c1)OCO2. The van der Waals surface area contributed by atoms with Gasteiger partial charge in [-0.3, -0.25) is 0 Å². The van der Waals surface area contributed by atoms with Crippen LogP contribution in [0.3, 0.4) is 0 Å². The number of hydrogen-bond acceptors (Lipinski definition) is 9. The lowest BCUT2D eigenvalue weighted by Crippen LogP contribution is -2.11. The summed E-state index contributed by atoms with van der Waals surface area (Å²) in [5, 5.41) is 7.54. The molecule has 0 bridgehead atoms. The van der Waals surface area contributed by atoms with Crippen LogP contribution in [-0.4, -0.2) is 35.2 Å². The molecule has 2 aromatic carbocycles. The highest BCUT2D eigenvalue weighted by Gasteiger charge is 2.30. The summed E-state index contributed by atoms with van der Waals surface area (Å²) in [7, 11) is 0. The number of nitrogens with zero attached hydrogens (tertiary/aromatic N) is 3. The second-order valence-electron chi connectivity index (χ2n) is 6.77. The number of carbonyl (C=O) groups excluding carboxylic acids is 1. The van der Waals surface area contributed by atoms with E-state index in [2.05, 4.69) is 15.3 Å². The Bertz CT molecular complexity index is 1170. The Hall–Kier alpha value is -4.09. The van der Waals surface area contributed by atoms with E-state index in [0.29, 0.717) is 22.8 Å². The summed E-state index contributed by atoms with van der Waals surface area (Å²) in [5.74, 6) is 0.537. The van der Waals surface area contributed by atoms with Crippen molar-refractivity contribution in [1.29, 1.82) is 0 Å². The summed E-state index contributed by atoms with van der Waals surface area (Å²) in [6.07, 6.45) is -4.44. The minimum Gasteiger partial charge on any atom is -0.454 e. The first-order chi connectivity index (χ1) is 15.8. The van der Waals surface area contributed by atoms with E-state index in [1.807, 2.05) is 0 Å². The van der Waals surface area contributed by atoms with Gasteiger partial charge in [0.1, 0.15) is 0 Å². The van der Waals surface area contributed by atoms with E-state index in [0.717, 1.165) is 17.7 Å². The van der Waals surface area contributed by atoms with Crippen LogP contribution < -0.4 is 9.47 Å². The maximum absolute atomic E-state index is 12.6. The fraction of sp³-hybridized carbons (Fsp3) is 0.238. The Balaban J connectivity index is 1.25. The molecule has 0 radical (unpaired) electrons. The Labute approximate surface area is 184 Å². The summed E-state index contributed by atoms with van der Waals surface area (Å²) in [4.78, 5) is 20.9. The third-order valence-corrected chi connectivity index (χ3v) is 4.47. The van der Waals surface area contributed by atoms with Crippen molar-refractivity contribution in [2.24, 2.45) is 5.16 Å². The van der Waals surface area contributed by atoms with Gasteiger partial charge < -0.3 is 23.6 Å². The molecule has 172 valence electrons. The molecule has 1 aliphatic heterocycles. The standard InChI is InChI=1S/C21H16F3N3O6/c1-12(14-4-7-16-17(8-14)31-11-30-16)26-32-10-19(28)29-9-18-25-20(27-33-18)13-2-5-15(6-3-13)21(22,23)24/h2-8H,9-11H2,1H3/b26-12+. The molecule has 0 atom stereocenters. The highest BCUT2D eigenvalue weighted by molar-refractivity contribution is 5.99.